The summed E-state index contributed by atoms with van der Waals surface area (Å²) in [7, 11) is -4.40. The number of thioether (sulfide) groups is 1. The van der Waals surface area contributed by atoms with Crippen LogP contribution in [0.15, 0.2) is 21.5 Å². The maximum atomic E-state index is 12.3. The second-order valence-corrected chi connectivity index (χ2v) is 9.02. The van der Waals surface area contributed by atoms with Crippen molar-refractivity contribution in [2.75, 3.05) is 30.3 Å². The molecule has 0 spiro atoms. The first-order chi connectivity index (χ1) is 11.8. The zero-order valence-electron chi connectivity index (χ0n) is 13.3. The highest BCUT2D eigenvalue weighted by Gasteiger charge is 2.32. The molecule has 0 aliphatic carbocycles. The molecule has 3 heterocycles. The molecule has 1 amide bonds. The van der Waals surface area contributed by atoms with E-state index in [4.69, 9.17) is 16.6 Å². The van der Waals surface area contributed by atoms with Crippen LogP contribution in [0.1, 0.15) is 25.0 Å². The standard InChI is InChI=1S/C15H18N2O5S3/c18-14-12(24-15(23)17(14)8-9-25(19,20)21)10-11-4-5-13(22-11)16-6-2-1-3-7-16/h4-5,10H,1-3,6-9H2,(H,19,20,21)/p-1/b12-10-. The van der Waals surface area contributed by atoms with Gasteiger partial charge in [0.2, 0.25) is 0 Å². The van der Waals surface area contributed by atoms with E-state index < -0.39 is 21.8 Å². The van der Waals surface area contributed by atoms with Crippen molar-refractivity contribution in [3.63, 3.8) is 0 Å². The van der Waals surface area contributed by atoms with Gasteiger partial charge in [-0.15, -0.1) is 0 Å². The normalized spacial score (nSPS) is 20.8. The van der Waals surface area contributed by atoms with Crippen molar-refractivity contribution in [3.05, 3.63) is 22.8 Å². The van der Waals surface area contributed by atoms with Crippen LogP contribution < -0.4 is 4.90 Å². The summed E-state index contributed by atoms with van der Waals surface area (Å²) in [5.41, 5.74) is 0. The molecule has 7 nitrogen and oxygen atoms in total. The van der Waals surface area contributed by atoms with Gasteiger partial charge in [-0.1, -0.05) is 24.0 Å². The van der Waals surface area contributed by atoms with Crippen LogP contribution in [0.2, 0.25) is 0 Å². The second-order valence-electron chi connectivity index (χ2n) is 5.82. The fraction of sp³-hybridized carbons (Fsp3) is 0.467. The molecular formula is C15H17N2O5S3-. The molecule has 0 aromatic carbocycles. The van der Waals surface area contributed by atoms with E-state index in [0.29, 0.717) is 10.7 Å². The van der Waals surface area contributed by atoms with Crippen molar-refractivity contribution in [2.24, 2.45) is 0 Å². The number of carbonyl (C=O) groups excluding carboxylic acids is 1. The summed E-state index contributed by atoms with van der Waals surface area (Å²) >= 11 is 6.17. The number of rotatable bonds is 5. The van der Waals surface area contributed by atoms with Gasteiger partial charge < -0.3 is 13.9 Å². The van der Waals surface area contributed by atoms with E-state index in [1.165, 1.54) is 6.42 Å². The predicted molar refractivity (Wildman–Crippen MR) is 99.2 cm³/mol. The number of nitrogens with zero attached hydrogens (tertiary/aromatic N) is 2. The Morgan fingerprint density at radius 3 is 2.68 bits per heavy atom. The van der Waals surface area contributed by atoms with Crippen LogP contribution in [0.25, 0.3) is 6.08 Å². The molecule has 3 rings (SSSR count). The number of carbonyl (C=O) groups is 1. The number of anilines is 1. The molecule has 0 unspecified atom stereocenters. The maximum absolute atomic E-state index is 12.3. The second kappa shape index (κ2) is 7.48. The Labute approximate surface area is 155 Å². The average Bonchev–Trinajstić information content (AvgIpc) is 3.12. The third kappa shape index (κ3) is 4.63. The molecule has 0 saturated carbocycles. The maximum Gasteiger partial charge on any atom is 0.266 e. The Kier molecular flexibility index (Phi) is 5.52. The minimum absolute atomic E-state index is 0.231. The summed E-state index contributed by atoms with van der Waals surface area (Å²) in [5, 5.41) is 0. The Balaban J connectivity index is 1.70. The highest BCUT2D eigenvalue weighted by Crippen LogP contribution is 2.33. The van der Waals surface area contributed by atoms with Crippen molar-refractivity contribution < 1.29 is 22.2 Å². The summed E-state index contributed by atoms with van der Waals surface area (Å²) < 4.78 is 38.3. The fourth-order valence-electron chi connectivity index (χ4n) is 2.73. The van der Waals surface area contributed by atoms with E-state index in [1.54, 1.807) is 12.1 Å². The SMILES string of the molecule is O=C1/C(=C/c2ccc(N3CCCCC3)o2)SC(=S)N1CCS(=O)(=O)[O-]. The molecule has 136 valence electrons. The zero-order valence-corrected chi connectivity index (χ0v) is 15.8. The summed E-state index contributed by atoms with van der Waals surface area (Å²) in [4.78, 5) is 16.0. The lowest BCUT2D eigenvalue weighted by Crippen LogP contribution is -2.32. The summed E-state index contributed by atoms with van der Waals surface area (Å²) in [6.45, 7) is 1.68. The lowest BCUT2D eigenvalue weighted by Gasteiger charge is -2.25. The Morgan fingerprint density at radius 1 is 1.28 bits per heavy atom. The van der Waals surface area contributed by atoms with Crippen LogP contribution in [0, 0.1) is 0 Å². The predicted octanol–water partition coefficient (Wildman–Crippen LogP) is 2.02. The molecule has 0 bridgehead atoms. The summed E-state index contributed by atoms with van der Waals surface area (Å²) in [6, 6.07) is 3.67. The summed E-state index contributed by atoms with van der Waals surface area (Å²) in [6.07, 6.45) is 5.10. The van der Waals surface area contributed by atoms with Crippen LogP contribution >= 0.6 is 24.0 Å². The molecule has 2 aliphatic rings. The highest BCUT2D eigenvalue weighted by atomic mass is 32.2. The summed E-state index contributed by atoms with van der Waals surface area (Å²) in [5.74, 6) is 0.248. The average molecular weight is 402 g/mol. The number of hydrogen-bond acceptors (Lipinski definition) is 8. The molecule has 1 aromatic rings. The van der Waals surface area contributed by atoms with Gasteiger partial charge in [-0.3, -0.25) is 9.69 Å². The van der Waals surface area contributed by atoms with E-state index in [9.17, 15) is 17.8 Å². The molecule has 0 atom stereocenters. The Bertz CT molecular complexity index is 809. The van der Waals surface area contributed by atoms with Gasteiger partial charge in [0.15, 0.2) is 5.88 Å². The molecule has 0 radical (unpaired) electrons. The number of amides is 1. The molecule has 1 aromatic heterocycles. The van der Waals surface area contributed by atoms with Crippen LogP contribution in [-0.4, -0.2) is 53.5 Å². The van der Waals surface area contributed by atoms with Crippen molar-refractivity contribution in [1.29, 1.82) is 0 Å². The lowest BCUT2D eigenvalue weighted by molar-refractivity contribution is -0.121. The number of piperidine rings is 1. The highest BCUT2D eigenvalue weighted by molar-refractivity contribution is 8.26. The van der Waals surface area contributed by atoms with Crippen molar-refractivity contribution in [1.82, 2.24) is 4.90 Å². The minimum atomic E-state index is -4.40. The van der Waals surface area contributed by atoms with Gasteiger partial charge in [-0.05, 0) is 25.3 Å². The van der Waals surface area contributed by atoms with Gasteiger partial charge in [0.1, 0.15) is 10.1 Å². The van der Waals surface area contributed by atoms with E-state index in [-0.39, 0.29) is 10.9 Å². The van der Waals surface area contributed by atoms with Crippen molar-refractivity contribution in [3.8, 4) is 0 Å². The number of thiocarbonyl (C=S) groups is 1. The van der Waals surface area contributed by atoms with E-state index in [2.05, 4.69) is 4.90 Å². The van der Waals surface area contributed by atoms with Crippen LogP contribution in [-0.2, 0) is 14.9 Å². The van der Waals surface area contributed by atoms with E-state index in [1.807, 2.05) is 6.07 Å². The Hall–Kier alpha value is -1.36. The number of furan rings is 1. The zero-order chi connectivity index (χ0) is 18.0. The Morgan fingerprint density at radius 2 is 2.00 bits per heavy atom. The van der Waals surface area contributed by atoms with Crippen LogP contribution in [0.5, 0.6) is 0 Å². The molecule has 2 saturated heterocycles. The third-order valence-electron chi connectivity index (χ3n) is 3.99. The van der Waals surface area contributed by atoms with Crippen molar-refractivity contribution >= 4 is 56.3 Å². The monoisotopic (exact) mass is 401 g/mol. The molecule has 25 heavy (non-hydrogen) atoms. The van der Waals surface area contributed by atoms with Gasteiger partial charge in [0.25, 0.3) is 5.91 Å². The van der Waals surface area contributed by atoms with Gasteiger partial charge in [-0.25, -0.2) is 8.42 Å². The van der Waals surface area contributed by atoms with Crippen molar-refractivity contribution in [2.45, 2.75) is 19.3 Å². The topological polar surface area (TPSA) is 93.9 Å². The smallest absolute Gasteiger partial charge is 0.266 e. The third-order valence-corrected chi connectivity index (χ3v) is 6.05. The largest absolute Gasteiger partial charge is 0.748 e. The molecule has 2 fully saturated rings. The first kappa shape index (κ1) is 18.4. The molecular weight excluding hydrogens is 384 g/mol. The number of hydrogen-bond donors (Lipinski definition) is 0. The van der Waals surface area contributed by atoms with Crippen LogP contribution in [0.4, 0.5) is 5.88 Å². The van der Waals surface area contributed by atoms with Gasteiger partial charge >= 0.3 is 0 Å². The first-order valence-corrected chi connectivity index (χ1v) is 10.7. The van der Waals surface area contributed by atoms with E-state index >= 15 is 0 Å². The molecule has 2 aliphatic heterocycles. The quantitative estimate of drug-likeness (QED) is 0.420. The lowest BCUT2D eigenvalue weighted by atomic mass is 10.1. The fourth-order valence-corrected chi connectivity index (χ4v) is 4.42. The molecule has 10 heteroatoms. The minimum Gasteiger partial charge on any atom is -0.748 e. The molecule has 0 N–H and O–H groups in total. The van der Waals surface area contributed by atoms with Gasteiger partial charge in [0, 0.05) is 31.8 Å². The van der Waals surface area contributed by atoms with Gasteiger partial charge in [0.05, 0.1) is 20.8 Å². The first-order valence-electron chi connectivity index (χ1n) is 7.87. The van der Waals surface area contributed by atoms with Gasteiger partial charge in [-0.2, -0.15) is 0 Å². The van der Waals surface area contributed by atoms with E-state index in [0.717, 1.165) is 48.5 Å². The van der Waals surface area contributed by atoms with Crippen LogP contribution in [0.3, 0.4) is 0 Å².